The third kappa shape index (κ3) is 6.45. The second-order valence-corrected chi connectivity index (χ2v) is 6.00. The molecule has 2 aromatic rings. The van der Waals surface area contributed by atoms with Crippen LogP contribution in [0.25, 0.3) is 0 Å². The Bertz CT molecular complexity index is 604. The maximum Gasteiger partial charge on any atom is 0.407 e. The second-order valence-electron chi connectivity index (χ2n) is 4.75. The number of halogens is 1. The molecular formula is C17H18INO4. The molecule has 0 bridgehead atoms. The molecule has 0 aliphatic carbocycles. The van der Waals surface area contributed by atoms with Crippen molar-refractivity contribution in [1.29, 1.82) is 0 Å². The Kier molecular flexibility index (Phi) is 7.15. The van der Waals surface area contributed by atoms with E-state index in [1.807, 2.05) is 42.5 Å². The highest BCUT2D eigenvalue weighted by Gasteiger charge is 2.10. The van der Waals surface area contributed by atoms with Crippen molar-refractivity contribution in [2.45, 2.75) is 6.10 Å². The largest absolute Gasteiger partial charge is 0.492 e. The maximum atomic E-state index is 11.5. The monoisotopic (exact) mass is 427 g/mol. The number of nitrogens with one attached hydrogen (secondary N) is 1. The zero-order valence-electron chi connectivity index (χ0n) is 12.4. The van der Waals surface area contributed by atoms with Gasteiger partial charge in [-0.05, 0) is 52.4 Å². The van der Waals surface area contributed by atoms with Gasteiger partial charge in [-0.1, -0.05) is 30.3 Å². The molecule has 5 nitrogen and oxygen atoms in total. The summed E-state index contributed by atoms with van der Waals surface area (Å²) in [5.74, 6) is 0.750. The fraction of sp³-hybridized carbons (Fsp3) is 0.235. The predicted octanol–water partition coefficient (Wildman–Crippen LogP) is 3.13. The predicted molar refractivity (Wildman–Crippen MR) is 95.4 cm³/mol. The average Bonchev–Trinajstić information content (AvgIpc) is 2.59. The zero-order valence-corrected chi connectivity index (χ0v) is 14.6. The summed E-state index contributed by atoms with van der Waals surface area (Å²) < 4.78 is 11.6. The van der Waals surface area contributed by atoms with Crippen LogP contribution in [0.5, 0.6) is 5.75 Å². The maximum absolute atomic E-state index is 11.5. The Morgan fingerprint density at radius 1 is 1.13 bits per heavy atom. The van der Waals surface area contributed by atoms with Crippen LogP contribution >= 0.6 is 22.6 Å². The lowest BCUT2D eigenvalue weighted by molar-refractivity contribution is 0.0676. The van der Waals surface area contributed by atoms with Gasteiger partial charge in [-0.2, -0.15) is 0 Å². The topological polar surface area (TPSA) is 67.8 Å². The standard InChI is InChI=1S/C17H18INO4/c18-14-6-8-15(9-7-14)22-11-10-19-17(21)23-12-16(20)13-4-2-1-3-5-13/h1-9,16,20H,10-12H2,(H,19,21)/t16-/m0/s1. The first-order valence-electron chi connectivity index (χ1n) is 7.17. The van der Waals surface area contributed by atoms with E-state index in [9.17, 15) is 9.90 Å². The third-order valence-corrected chi connectivity index (χ3v) is 3.73. The molecule has 0 aliphatic rings. The van der Waals surface area contributed by atoms with Gasteiger partial charge in [0.15, 0.2) is 0 Å². The highest BCUT2D eigenvalue weighted by atomic mass is 127. The van der Waals surface area contributed by atoms with E-state index in [0.717, 1.165) is 9.32 Å². The molecule has 2 aromatic carbocycles. The van der Waals surface area contributed by atoms with E-state index in [1.165, 1.54) is 0 Å². The van der Waals surface area contributed by atoms with E-state index in [2.05, 4.69) is 27.9 Å². The molecule has 0 saturated carbocycles. The summed E-state index contributed by atoms with van der Waals surface area (Å²) in [6, 6.07) is 16.7. The van der Waals surface area contributed by atoms with Crippen LogP contribution in [0.2, 0.25) is 0 Å². The molecule has 0 spiro atoms. The third-order valence-electron chi connectivity index (χ3n) is 3.01. The molecule has 0 aromatic heterocycles. The minimum Gasteiger partial charge on any atom is -0.492 e. The number of amides is 1. The summed E-state index contributed by atoms with van der Waals surface area (Å²) in [5.41, 5.74) is 0.711. The van der Waals surface area contributed by atoms with Gasteiger partial charge in [-0.25, -0.2) is 4.79 Å². The number of carbonyl (C=O) groups is 1. The molecule has 0 heterocycles. The average molecular weight is 427 g/mol. The van der Waals surface area contributed by atoms with Crippen molar-refractivity contribution in [2.24, 2.45) is 0 Å². The number of benzene rings is 2. The van der Waals surface area contributed by atoms with E-state index in [-0.39, 0.29) is 6.61 Å². The van der Waals surface area contributed by atoms with Crippen LogP contribution in [0.4, 0.5) is 4.79 Å². The SMILES string of the molecule is O=C(NCCOc1ccc(I)cc1)OC[C@H](O)c1ccccc1. The van der Waals surface area contributed by atoms with Crippen LogP contribution in [-0.2, 0) is 4.74 Å². The van der Waals surface area contributed by atoms with Crippen molar-refractivity contribution in [3.8, 4) is 5.75 Å². The molecule has 0 aliphatic heterocycles. The number of carbonyl (C=O) groups excluding carboxylic acids is 1. The minimum atomic E-state index is -0.829. The number of alkyl carbamates (subject to hydrolysis) is 1. The summed E-state index contributed by atoms with van der Waals surface area (Å²) in [7, 11) is 0. The highest BCUT2D eigenvalue weighted by molar-refractivity contribution is 14.1. The number of hydrogen-bond donors (Lipinski definition) is 2. The minimum absolute atomic E-state index is 0.0895. The van der Waals surface area contributed by atoms with Crippen LogP contribution in [0, 0.1) is 3.57 Å². The molecule has 2 N–H and O–H groups in total. The van der Waals surface area contributed by atoms with E-state index in [0.29, 0.717) is 18.7 Å². The Labute approximate surface area is 148 Å². The highest BCUT2D eigenvalue weighted by Crippen LogP contribution is 2.13. The number of aliphatic hydroxyl groups is 1. The van der Waals surface area contributed by atoms with E-state index in [1.54, 1.807) is 12.1 Å². The van der Waals surface area contributed by atoms with Crippen molar-refractivity contribution in [1.82, 2.24) is 5.32 Å². The van der Waals surface area contributed by atoms with Gasteiger partial charge in [-0.15, -0.1) is 0 Å². The molecule has 0 fully saturated rings. The molecule has 6 heteroatoms. The fourth-order valence-corrected chi connectivity index (χ4v) is 2.19. The summed E-state index contributed by atoms with van der Waals surface area (Å²) in [6.45, 7) is 0.580. The zero-order chi connectivity index (χ0) is 16.5. The fourth-order valence-electron chi connectivity index (χ4n) is 1.83. The van der Waals surface area contributed by atoms with E-state index >= 15 is 0 Å². The van der Waals surface area contributed by atoms with Gasteiger partial charge in [0.25, 0.3) is 0 Å². The molecule has 23 heavy (non-hydrogen) atoms. The number of aliphatic hydroxyl groups excluding tert-OH is 1. The molecule has 0 radical (unpaired) electrons. The molecule has 0 unspecified atom stereocenters. The van der Waals surface area contributed by atoms with Gasteiger partial charge in [0.1, 0.15) is 25.1 Å². The lowest BCUT2D eigenvalue weighted by Crippen LogP contribution is -2.29. The first-order valence-corrected chi connectivity index (χ1v) is 8.25. The summed E-state index contributed by atoms with van der Waals surface area (Å²) in [5, 5.41) is 12.5. The van der Waals surface area contributed by atoms with Crippen LogP contribution in [0.3, 0.4) is 0 Å². The Morgan fingerprint density at radius 2 is 1.83 bits per heavy atom. The van der Waals surface area contributed by atoms with Gasteiger partial charge in [-0.3, -0.25) is 0 Å². The first-order chi connectivity index (χ1) is 11.1. The lowest BCUT2D eigenvalue weighted by Gasteiger charge is -2.12. The van der Waals surface area contributed by atoms with Crippen molar-refractivity contribution < 1.29 is 19.4 Å². The van der Waals surface area contributed by atoms with E-state index < -0.39 is 12.2 Å². The normalized spacial score (nSPS) is 11.6. The summed E-state index contributed by atoms with van der Waals surface area (Å²) in [4.78, 5) is 11.5. The lowest BCUT2D eigenvalue weighted by atomic mass is 10.1. The van der Waals surface area contributed by atoms with Gasteiger partial charge in [0.2, 0.25) is 0 Å². The first kappa shape index (κ1) is 17.6. The molecule has 122 valence electrons. The van der Waals surface area contributed by atoms with Gasteiger partial charge in [0.05, 0.1) is 6.54 Å². The van der Waals surface area contributed by atoms with Crippen LogP contribution in [0.1, 0.15) is 11.7 Å². The van der Waals surface area contributed by atoms with E-state index in [4.69, 9.17) is 9.47 Å². The van der Waals surface area contributed by atoms with Crippen molar-refractivity contribution >= 4 is 28.7 Å². The van der Waals surface area contributed by atoms with Gasteiger partial charge >= 0.3 is 6.09 Å². The quantitative estimate of drug-likeness (QED) is 0.527. The second kappa shape index (κ2) is 9.36. The number of ether oxygens (including phenoxy) is 2. The molecule has 1 amide bonds. The van der Waals surface area contributed by atoms with Gasteiger partial charge in [0, 0.05) is 3.57 Å². The van der Waals surface area contributed by atoms with Crippen molar-refractivity contribution in [2.75, 3.05) is 19.8 Å². The van der Waals surface area contributed by atoms with Crippen LogP contribution in [-0.4, -0.2) is 31.0 Å². The molecule has 2 rings (SSSR count). The molecule has 0 saturated heterocycles. The van der Waals surface area contributed by atoms with Crippen LogP contribution < -0.4 is 10.1 Å². The summed E-state index contributed by atoms with van der Waals surface area (Å²) in [6.07, 6.45) is -1.41. The Morgan fingerprint density at radius 3 is 2.52 bits per heavy atom. The number of hydrogen-bond acceptors (Lipinski definition) is 4. The Balaban J connectivity index is 1.61. The van der Waals surface area contributed by atoms with Gasteiger partial charge < -0.3 is 19.9 Å². The Hall–Kier alpha value is -1.80. The van der Waals surface area contributed by atoms with Crippen molar-refractivity contribution in [3.63, 3.8) is 0 Å². The number of rotatable bonds is 7. The molecular weight excluding hydrogens is 409 g/mol. The van der Waals surface area contributed by atoms with Crippen molar-refractivity contribution in [3.05, 3.63) is 63.7 Å². The summed E-state index contributed by atoms with van der Waals surface area (Å²) >= 11 is 2.22. The smallest absolute Gasteiger partial charge is 0.407 e. The van der Waals surface area contributed by atoms with Crippen LogP contribution in [0.15, 0.2) is 54.6 Å². The molecule has 1 atom stereocenters.